The first kappa shape index (κ1) is 11.1. The first-order chi connectivity index (χ1) is 7.65. The summed E-state index contributed by atoms with van der Waals surface area (Å²) in [5.74, 6) is 2.06. The second-order valence-electron chi connectivity index (χ2n) is 3.45. The molecule has 0 bridgehead atoms. The van der Waals surface area contributed by atoms with Gasteiger partial charge in [0, 0.05) is 16.7 Å². The van der Waals surface area contributed by atoms with Crippen LogP contribution >= 0.6 is 15.9 Å². The maximum absolute atomic E-state index is 5.69. The Balaban J connectivity index is 2.30. The van der Waals surface area contributed by atoms with Crippen molar-refractivity contribution in [2.24, 2.45) is 0 Å². The Kier molecular flexibility index (Phi) is 3.19. The van der Waals surface area contributed by atoms with Crippen LogP contribution < -0.4 is 4.74 Å². The molecular weight excluding hydrogens is 268 g/mol. The maximum Gasteiger partial charge on any atom is 0.222 e. The lowest BCUT2D eigenvalue weighted by Crippen LogP contribution is -1.93. The normalized spacial score (nSPS) is 10.2. The zero-order valence-corrected chi connectivity index (χ0v) is 10.7. The smallest absolute Gasteiger partial charge is 0.222 e. The average molecular weight is 279 g/mol. The van der Waals surface area contributed by atoms with Gasteiger partial charge in [0.1, 0.15) is 11.6 Å². The molecule has 0 unspecified atom stereocenters. The molecule has 0 aliphatic rings. The molecule has 0 saturated carbocycles. The summed E-state index contributed by atoms with van der Waals surface area (Å²) in [4.78, 5) is 8.21. The van der Waals surface area contributed by atoms with Crippen LogP contribution in [0.3, 0.4) is 0 Å². The third kappa shape index (κ3) is 2.58. The van der Waals surface area contributed by atoms with Crippen molar-refractivity contribution in [1.82, 2.24) is 9.97 Å². The number of ether oxygens (including phenoxy) is 1. The van der Waals surface area contributed by atoms with Crippen molar-refractivity contribution in [3.8, 4) is 11.6 Å². The van der Waals surface area contributed by atoms with E-state index in [1.165, 1.54) is 0 Å². The number of benzene rings is 1. The second kappa shape index (κ2) is 4.61. The van der Waals surface area contributed by atoms with Gasteiger partial charge in [-0.15, -0.1) is 0 Å². The van der Waals surface area contributed by atoms with E-state index in [0.29, 0.717) is 11.7 Å². The molecule has 3 nitrogen and oxygen atoms in total. The molecule has 1 aromatic carbocycles. The Labute approximate surface area is 103 Å². The van der Waals surface area contributed by atoms with Gasteiger partial charge in [0.05, 0.1) is 0 Å². The van der Waals surface area contributed by atoms with Gasteiger partial charge in [0.2, 0.25) is 5.88 Å². The number of aryl methyl sites for hydroxylation is 2. The molecule has 0 atom stereocenters. The summed E-state index contributed by atoms with van der Waals surface area (Å²) in [5.41, 5.74) is 1.07. The van der Waals surface area contributed by atoms with Gasteiger partial charge in [0.15, 0.2) is 0 Å². The van der Waals surface area contributed by atoms with Gasteiger partial charge in [-0.1, -0.05) is 22.0 Å². The Hall–Kier alpha value is -1.42. The quantitative estimate of drug-likeness (QED) is 0.841. The highest BCUT2D eigenvalue weighted by atomic mass is 79.9. The topological polar surface area (TPSA) is 35.0 Å². The lowest BCUT2D eigenvalue weighted by Gasteiger charge is -2.08. The van der Waals surface area contributed by atoms with Crippen molar-refractivity contribution in [3.05, 3.63) is 46.3 Å². The van der Waals surface area contributed by atoms with E-state index in [2.05, 4.69) is 25.9 Å². The van der Waals surface area contributed by atoms with E-state index in [1.54, 1.807) is 12.3 Å². The molecule has 82 valence electrons. The third-order valence-electron chi connectivity index (χ3n) is 2.12. The number of aromatic nitrogens is 2. The van der Waals surface area contributed by atoms with Crippen molar-refractivity contribution in [3.63, 3.8) is 0 Å². The van der Waals surface area contributed by atoms with Crippen LogP contribution in [0.2, 0.25) is 0 Å². The standard InChI is InChI=1S/C12H11BrN2O/c1-8-3-4-10(13)7-11(8)16-12-5-6-14-9(2)15-12/h3-7H,1-2H3. The van der Waals surface area contributed by atoms with E-state index in [-0.39, 0.29) is 0 Å². The maximum atomic E-state index is 5.69. The Morgan fingerprint density at radius 1 is 1.19 bits per heavy atom. The first-order valence-corrected chi connectivity index (χ1v) is 5.68. The average Bonchev–Trinajstić information content (AvgIpc) is 2.24. The van der Waals surface area contributed by atoms with Gasteiger partial charge >= 0.3 is 0 Å². The van der Waals surface area contributed by atoms with Crippen molar-refractivity contribution < 1.29 is 4.74 Å². The van der Waals surface area contributed by atoms with E-state index in [0.717, 1.165) is 15.8 Å². The number of hydrogen-bond acceptors (Lipinski definition) is 3. The molecule has 4 heteroatoms. The molecule has 2 aromatic rings. The number of rotatable bonds is 2. The summed E-state index contributed by atoms with van der Waals surface area (Å²) in [6.45, 7) is 3.83. The largest absolute Gasteiger partial charge is 0.439 e. The molecule has 0 amide bonds. The molecule has 1 heterocycles. The molecule has 0 N–H and O–H groups in total. The zero-order chi connectivity index (χ0) is 11.5. The fourth-order valence-electron chi connectivity index (χ4n) is 1.29. The lowest BCUT2D eigenvalue weighted by molar-refractivity contribution is 0.456. The molecular formula is C12H11BrN2O. The molecule has 0 aliphatic heterocycles. The van der Waals surface area contributed by atoms with E-state index >= 15 is 0 Å². The molecule has 0 radical (unpaired) electrons. The fourth-order valence-corrected chi connectivity index (χ4v) is 1.63. The molecule has 1 aromatic heterocycles. The van der Waals surface area contributed by atoms with Crippen molar-refractivity contribution in [2.75, 3.05) is 0 Å². The second-order valence-corrected chi connectivity index (χ2v) is 4.37. The highest BCUT2D eigenvalue weighted by molar-refractivity contribution is 9.10. The summed E-state index contributed by atoms with van der Waals surface area (Å²) >= 11 is 3.41. The van der Waals surface area contributed by atoms with Crippen molar-refractivity contribution >= 4 is 15.9 Å². The Bertz CT molecular complexity index is 514. The summed E-state index contributed by atoms with van der Waals surface area (Å²) in [6, 6.07) is 7.64. The highest BCUT2D eigenvalue weighted by Crippen LogP contribution is 2.26. The summed E-state index contributed by atoms with van der Waals surface area (Å²) < 4.78 is 6.67. The molecule has 16 heavy (non-hydrogen) atoms. The van der Waals surface area contributed by atoms with E-state index < -0.39 is 0 Å². The molecule has 0 aliphatic carbocycles. The Morgan fingerprint density at radius 3 is 2.75 bits per heavy atom. The molecule has 0 spiro atoms. The van der Waals surface area contributed by atoms with Gasteiger partial charge in [-0.2, -0.15) is 4.98 Å². The van der Waals surface area contributed by atoms with Crippen LogP contribution in [0.4, 0.5) is 0 Å². The summed E-state index contributed by atoms with van der Waals surface area (Å²) in [7, 11) is 0. The van der Waals surface area contributed by atoms with Crippen LogP contribution in [-0.4, -0.2) is 9.97 Å². The minimum atomic E-state index is 0.564. The van der Waals surface area contributed by atoms with Crippen LogP contribution in [0.15, 0.2) is 34.9 Å². The predicted octanol–water partition coefficient (Wildman–Crippen LogP) is 3.65. The molecule has 0 saturated heterocycles. The van der Waals surface area contributed by atoms with Gasteiger partial charge in [-0.25, -0.2) is 4.98 Å². The van der Waals surface area contributed by atoms with E-state index in [4.69, 9.17) is 4.74 Å². The SMILES string of the molecule is Cc1nccc(Oc2cc(Br)ccc2C)n1. The van der Waals surface area contributed by atoms with E-state index in [9.17, 15) is 0 Å². The van der Waals surface area contributed by atoms with Gasteiger partial charge in [0.25, 0.3) is 0 Å². The van der Waals surface area contributed by atoms with Gasteiger partial charge in [-0.05, 0) is 31.5 Å². The third-order valence-corrected chi connectivity index (χ3v) is 2.61. The number of halogens is 1. The zero-order valence-electron chi connectivity index (χ0n) is 9.07. The number of nitrogens with zero attached hydrogens (tertiary/aromatic N) is 2. The number of hydrogen-bond donors (Lipinski definition) is 0. The Morgan fingerprint density at radius 2 is 2.00 bits per heavy atom. The lowest BCUT2D eigenvalue weighted by atomic mass is 10.2. The van der Waals surface area contributed by atoms with Crippen LogP contribution in [0.25, 0.3) is 0 Å². The molecule has 2 rings (SSSR count). The van der Waals surface area contributed by atoms with Crippen LogP contribution in [0.1, 0.15) is 11.4 Å². The van der Waals surface area contributed by atoms with Crippen molar-refractivity contribution in [2.45, 2.75) is 13.8 Å². The van der Waals surface area contributed by atoms with Crippen LogP contribution in [0.5, 0.6) is 11.6 Å². The summed E-state index contributed by atoms with van der Waals surface area (Å²) in [5, 5.41) is 0. The van der Waals surface area contributed by atoms with Gasteiger partial charge < -0.3 is 4.74 Å². The highest BCUT2D eigenvalue weighted by Gasteiger charge is 2.03. The van der Waals surface area contributed by atoms with Crippen LogP contribution in [-0.2, 0) is 0 Å². The summed E-state index contributed by atoms with van der Waals surface area (Å²) in [6.07, 6.45) is 1.69. The monoisotopic (exact) mass is 278 g/mol. The molecule has 0 fully saturated rings. The van der Waals surface area contributed by atoms with Crippen LogP contribution in [0, 0.1) is 13.8 Å². The minimum Gasteiger partial charge on any atom is -0.439 e. The minimum absolute atomic E-state index is 0.564. The van der Waals surface area contributed by atoms with E-state index in [1.807, 2.05) is 32.0 Å². The first-order valence-electron chi connectivity index (χ1n) is 4.89. The van der Waals surface area contributed by atoms with Gasteiger partial charge in [-0.3, -0.25) is 0 Å². The predicted molar refractivity (Wildman–Crippen MR) is 65.7 cm³/mol. The fraction of sp³-hybridized carbons (Fsp3) is 0.167. The van der Waals surface area contributed by atoms with Crippen molar-refractivity contribution in [1.29, 1.82) is 0 Å².